The Bertz CT molecular complexity index is 1330. The second-order valence-corrected chi connectivity index (χ2v) is 6.99. The molecule has 4 aromatic rings. The van der Waals surface area contributed by atoms with Crippen molar-refractivity contribution < 1.29 is 9.47 Å². The number of fused-ring (bicyclic) bond motifs is 1. The van der Waals surface area contributed by atoms with E-state index in [1.54, 1.807) is 14.2 Å². The first-order chi connectivity index (χ1) is 14.5. The zero-order chi connectivity index (χ0) is 21.4. The summed E-state index contributed by atoms with van der Waals surface area (Å²) in [6, 6.07) is 15.2. The molecule has 0 aliphatic heterocycles. The molecule has 7 nitrogen and oxygen atoms in total. The number of hydrogen-bond acceptors (Lipinski definition) is 4. The Morgan fingerprint density at radius 3 is 2.07 bits per heavy atom. The number of ether oxygens (including phenoxy) is 2. The van der Waals surface area contributed by atoms with Crippen LogP contribution in [-0.2, 0) is 14.1 Å². The molecule has 0 atom stereocenters. The maximum Gasteiger partial charge on any atom is 0.332 e. The van der Waals surface area contributed by atoms with Crippen molar-refractivity contribution in [1.29, 1.82) is 0 Å². The van der Waals surface area contributed by atoms with Crippen LogP contribution in [-0.4, -0.2) is 27.8 Å². The van der Waals surface area contributed by atoms with E-state index >= 15 is 0 Å². The molecule has 0 saturated carbocycles. The summed E-state index contributed by atoms with van der Waals surface area (Å²) in [7, 11) is 4.75. The molecule has 2 aromatic heterocycles. The van der Waals surface area contributed by atoms with E-state index in [0.717, 1.165) is 38.5 Å². The van der Waals surface area contributed by atoms with Gasteiger partial charge in [-0.1, -0.05) is 12.1 Å². The van der Waals surface area contributed by atoms with Gasteiger partial charge in [-0.15, -0.1) is 0 Å². The van der Waals surface area contributed by atoms with Crippen molar-refractivity contribution in [3.8, 4) is 33.9 Å². The number of H-pyrrole nitrogens is 1. The lowest BCUT2D eigenvalue weighted by atomic mass is 9.99. The van der Waals surface area contributed by atoms with Crippen LogP contribution in [0.25, 0.3) is 33.4 Å². The summed E-state index contributed by atoms with van der Waals surface area (Å²) in [6.45, 7) is 2.52. The van der Waals surface area contributed by atoms with Crippen molar-refractivity contribution in [2.45, 2.75) is 6.92 Å². The molecule has 0 bridgehead atoms. The average Bonchev–Trinajstić information content (AvgIpc) is 3.18. The largest absolute Gasteiger partial charge is 0.497 e. The van der Waals surface area contributed by atoms with Gasteiger partial charge in [-0.3, -0.25) is 13.9 Å². The summed E-state index contributed by atoms with van der Waals surface area (Å²) in [5.74, 6) is 1.49. The summed E-state index contributed by atoms with van der Waals surface area (Å²) < 4.78 is 13.4. The van der Waals surface area contributed by atoms with Crippen molar-refractivity contribution in [1.82, 2.24) is 14.1 Å². The number of aryl methyl sites for hydroxylation is 1. The van der Waals surface area contributed by atoms with E-state index in [1.165, 1.54) is 11.6 Å². The molecule has 0 radical (unpaired) electrons. The Balaban J connectivity index is 2.06. The van der Waals surface area contributed by atoms with Gasteiger partial charge in [0.2, 0.25) is 0 Å². The Kier molecular flexibility index (Phi) is 4.95. The molecule has 30 heavy (non-hydrogen) atoms. The van der Waals surface area contributed by atoms with Gasteiger partial charge in [0.1, 0.15) is 17.1 Å². The molecule has 0 unspecified atom stereocenters. The predicted molar refractivity (Wildman–Crippen MR) is 117 cm³/mol. The molecule has 0 fully saturated rings. The maximum atomic E-state index is 13.1. The van der Waals surface area contributed by atoms with E-state index in [4.69, 9.17) is 9.47 Å². The fraction of sp³-hybridized carbons (Fsp3) is 0.217. The quantitative estimate of drug-likeness (QED) is 0.553. The summed E-state index contributed by atoms with van der Waals surface area (Å²) in [5.41, 5.74) is 3.00. The number of rotatable bonds is 5. The molecule has 154 valence electrons. The first-order valence-corrected chi connectivity index (χ1v) is 9.65. The maximum absolute atomic E-state index is 13.1. The number of aromatic amines is 1. The predicted octanol–water partition coefficient (Wildman–Crippen LogP) is 3.31. The van der Waals surface area contributed by atoms with Crippen LogP contribution < -0.4 is 20.7 Å². The second kappa shape index (κ2) is 7.59. The van der Waals surface area contributed by atoms with E-state index in [-0.39, 0.29) is 11.2 Å². The van der Waals surface area contributed by atoms with E-state index in [2.05, 4.69) is 4.98 Å². The Morgan fingerprint density at radius 1 is 0.867 bits per heavy atom. The van der Waals surface area contributed by atoms with Gasteiger partial charge in [0, 0.05) is 19.7 Å². The molecule has 0 amide bonds. The summed E-state index contributed by atoms with van der Waals surface area (Å²) >= 11 is 0. The molecule has 2 heterocycles. The van der Waals surface area contributed by atoms with Crippen LogP contribution in [0, 0.1) is 0 Å². The highest BCUT2D eigenvalue weighted by Crippen LogP contribution is 2.37. The van der Waals surface area contributed by atoms with E-state index in [1.807, 2.05) is 55.5 Å². The van der Waals surface area contributed by atoms with E-state index in [0.29, 0.717) is 17.6 Å². The van der Waals surface area contributed by atoms with Crippen LogP contribution in [0.5, 0.6) is 11.5 Å². The Morgan fingerprint density at radius 2 is 1.47 bits per heavy atom. The first kappa shape index (κ1) is 19.6. The standard InChI is InChI=1S/C23H23N3O4/c1-5-30-17-12-8-15(9-13-17)20-18(14-6-10-16(29-4)11-7-14)19-21(24-20)25(2)23(28)26(3)22(19)27/h6-13,24H,5H2,1-4H3. The normalized spacial score (nSPS) is 11.1. The van der Waals surface area contributed by atoms with Gasteiger partial charge in [-0.2, -0.15) is 0 Å². The third-order valence-corrected chi connectivity index (χ3v) is 5.24. The number of hydrogen-bond donors (Lipinski definition) is 1. The fourth-order valence-corrected chi connectivity index (χ4v) is 3.67. The van der Waals surface area contributed by atoms with Crippen LogP contribution in [0.1, 0.15) is 6.92 Å². The van der Waals surface area contributed by atoms with Crippen LogP contribution in [0.4, 0.5) is 0 Å². The lowest BCUT2D eigenvalue weighted by Gasteiger charge is -2.08. The van der Waals surface area contributed by atoms with Crippen LogP contribution >= 0.6 is 0 Å². The van der Waals surface area contributed by atoms with Crippen LogP contribution in [0.2, 0.25) is 0 Å². The van der Waals surface area contributed by atoms with Crippen LogP contribution in [0.3, 0.4) is 0 Å². The average molecular weight is 405 g/mol. The molecule has 4 rings (SSSR count). The third-order valence-electron chi connectivity index (χ3n) is 5.24. The zero-order valence-electron chi connectivity index (χ0n) is 17.4. The lowest BCUT2D eigenvalue weighted by Crippen LogP contribution is -2.36. The molecule has 0 saturated heterocycles. The minimum absolute atomic E-state index is 0.340. The van der Waals surface area contributed by atoms with Gasteiger partial charge in [0.25, 0.3) is 5.56 Å². The smallest absolute Gasteiger partial charge is 0.332 e. The first-order valence-electron chi connectivity index (χ1n) is 9.65. The van der Waals surface area contributed by atoms with Crippen molar-refractivity contribution in [3.63, 3.8) is 0 Å². The van der Waals surface area contributed by atoms with Gasteiger partial charge in [-0.05, 0) is 54.4 Å². The van der Waals surface area contributed by atoms with E-state index < -0.39 is 0 Å². The fourth-order valence-electron chi connectivity index (χ4n) is 3.67. The number of aromatic nitrogens is 3. The van der Waals surface area contributed by atoms with Crippen molar-refractivity contribution in [3.05, 3.63) is 69.4 Å². The highest BCUT2D eigenvalue weighted by Gasteiger charge is 2.21. The topological polar surface area (TPSA) is 78.2 Å². The van der Waals surface area contributed by atoms with Gasteiger partial charge in [0.15, 0.2) is 0 Å². The SMILES string of the molecule is CCOc1ccc(-c2[nH]c3c(c2-c2ccc(OC)cc2)c(=O)n(C)c(=O)n3C)cc1. The molecule has 7 heteroatoms. The molecule has 1 N–H and O–H groups in total. The van der Waals surface area contributed by atoms with Crippen molar-refractivity contribution >= 4 is 11.0 Å². The molecule has 0 aliphatic carbocycles. The van der Waals surface area contributed by atoms with Gasteiger partial charge in [-0.25, -0.2) is 4.79 Å². The summed E-state index contributed by atoms with van der Waals surface area (Å²) in [6.07, 6.45) is 0. The monoisotopic (exact) mass is 405 g/mol. The molecular weight excluding hydrogens is 382 g/mol. The van der Waals surface area contributed by atoms with Crippen molar-refractivity contribution in [2.75, 3.05) is 13.7 Å². The number of nitrogens with one attached hydrogen (secondary N) is 1. The highest BCUT2D eigenvalue weighted by molar-refractivity contribution is 6.02. The van der Waals surface area contributed by atoms with Gasteiger partial charge in [0.05, 0.1) is 24.8 Å². The van der Waals surface area contributed by atoms with Crippen LogP contribution in [0.15, 0.2) is 58.1 Å². The lowest BCUT2D eigenvalue weighted by molar-refractivity contribution is 0.340. The third kappa shape index (κ3) is 3.08. The summed E-state index contributed by atoms with van der Waals surface area (Å²) in [5, 5.41) is 0.466. The van der Waals surface area contributed by atoms with E-state index in [9.17, 15) is 9.59 Å². The minimum Gasteiger partial charge on any atom is -0.497 e. The number of nitrogens with zero attached hydrogens (tertiary/aromatic N) is 2. The number of benzene rings is 2. The highest BCUT2D eigenvalue weighted by atomic mass is 16.5. The Hall–Kier alpha value is -3.74. The zero-order valence-corrected chi connectivity index (χ0v) is 17.4. The molecule has 0 spiro atoms. The van der Waals surface area contributed by atoms with Crippen molar-refractivity contribution in [2.24, 2.45) is 14.1 Å². The second-order valence-electron chi connectivity index (χ2n) is 6.99. The summed E-state index contributed by atoms with van der Waals surface area (Å²) in [4.78, 5) is 28.9. The molecular formula is C23H23N3O4. The van der Waals surface area contributed by atoms with Gasteiger partial charge >= 0.3 is 5.69 Å². The minimum atomic E-state index is -0.381. The Labute approximate surface area is 173 Å². The van der Waals surface area contributed by atoms with Gasteiger partial charge < -0.3 is 14.5 Å². The molecule has 2 aromatic carbocycles. The number of methoxy groups -OCH3 is 1. The molecule has 0 aliphatic rings.